The lowest BCUT2D eigenvalue weighted by molar-refractivity contribution is 0.706. The zero-order valence-corrected chi connectivity index (χ0v) is 8.44. The average molecular weight is 191 g/mol. The third-order valence-electron chi connectivity index (χ3n) is 2.29. The number of thioether (sulfide) groups is 1. The first kappa shape index (κ1) is 10.1. The van der Waals surface area contributed by atoms with E-state index in [4.69, 9.17) is 5.26 Å². The summed E-state index contributed by atoms with van der Waals surface area (Å²) in [6.07, 6.45) is 7.06. The molecule has 13 heavy (non-hydrogen) atoms. The van der Waals surface area contributed by atoms with Crippen LogP contribution in [0.5, 0.6) is 0 Å². The number of allylic oxidation sites excluding steroid dienone is 3. The van der Waals surface area contributed by atoms with Crippen molar-refractivity contribution in [1.29, 1.82) is 5.26 Å². The van der Waals surface area contributed by atoms with Crippen molar-refractivity contribution in [3.05, 3.63) is 36.5 Å². The Morgan fingerprint density at radius 3 is 2.77 bits per heavy atom. The molecule has 0 fully saturated rings. The van der Waals surface area contributed by atoms with Gasteiger partial charge in [0.25, 0.3) is 0 Å². The van der Waals surface area contributed by atoms with Crippen molar-refractivity contribution < 1.29 is 0 Å². The Morgan fingerprint density at radius 1 is 1.46 bits per heavy atom. The van der Waals surface area contributed by atoms with Crippen molar-refractivity contribution in [3.8, 4) is 5.40 Å². The molecule has 1 unspecified atom stereocenters. The summed E-state index contributed by atoms with van der Waals surface area (Å²) in [5, 5.41) is 11.1. The molecule has 0 aromatic carbocycles. The van der Waals surface area contributed by atoms with E-state index in [0.717, 1.165) is 19.3 Å². The summed E-state index contributed by atoms with van der Waals surface area (Å²) in [6.45, 7) is 7.57. The highest BCUT2D eigenvalue weighted by Gasteiger charge is 2.19. The van der Waals surface area contributed by atoms with E-state index in [1.165, 1.54) is 22.9 Å². The van der Waals surface area contributed by atoms with E-state index >= 15 is 0 Å². The third kappa shape index (κ3) is 2.26. The van der Waals surface area contributed by atoms with E-state index < -0.39 is 0 Å². The lowest BCUT2D eigenvalue weighted by atomic mass is 9.91. The Balaban J connectivity index is 2.92. The number of nitriles is 1. The van der Waals surface area contributed by atoms with Crippen LogP contribution in [0.2, 0.25) is 0 Å². The highest BCUT2D eigenvalue weighted by Crippen LogP contribution is 2.33. The summed E-state index contributed by atoms with van der Waals surface area (Å²) < 4.78 is 0. The molecule has 0 aromatic rings. The number of hydrogen-bond acceptors (Lipinski definition) is 2. The second-order valence-electron chi connectivity index (χ2n) is 2.98. The first-order chi connectivity index (χ1) is 6.33. The van der Waals surface area contributed by atoms with Gasteiger partial charge in [0.05, 0.1) is 0 Å². The van der Waals surface area contributed by atoms with Crippen molar-refractivity contribution >= 4 is 11.8 Å². The van der Waals surface area contributed by atoms with Crippen molar-refractivity contribution in [2.24, 2.45) is 0 Å². The quantitative estimate of drug-likeness (QED) is 0.638. The molecule has 1 aliphatic rings. The molecule has 1 atom stereocenters. The Morgan fingerprint density at radius 2 is 2.23 bits per heavy atom. The minimum Gasteiger partial charge on any atom is -0.185 e. The Kier molecular flexibility index (Phi) is 3.85. The van der Waals surface area contributed by atoms with Crippen LogP contribution < -0.4 is 0 Å². The number of rotatable bonds is 3. The maximum Gasteiger partial charge on any atom is 0.133 e. The fourth-order valence-corrected chi connectivity index (χ4v) is 2.44. The highest BCUT2D eigenvalue weighted by atomic mass is 32.2. The molecule has 0 saturated carbocycles. The van der Waals surface area contributed by atoms with E-state index in [0.29, 0.717) is 5.25 Å². The van der Waals surface area contributed by atoms with Crippen LogP contribution in [0.4, 0.5) is 0 Å². The Labute approximate surface area is 83.8 Å². The molecule has 0 amide bonds. The van der Waals surface area contributed by atoms with E-state index in [1.54, 1.807) is 0 Å². The topological polar surface area (TPSA) is 23.8 Å². The van der Waals surface area contributed by atoms with Gasteiger partial charge in [-0.05, 0) is 42.2 Å². The minimum absolute atomic E-state index is 0.309. The standard InChI is InChI=1S/C11H13NS/c1-3-9-6-5-7-11(13-8-12)10(9)4-2/h3-4,11H,1-2,5-7H2. The minimum atomic E-state index is 0.309. The van der Waals surface area contributed by atoms with E-state index in [9.17, 15) is 0 Å². The Bertz CT molecular complexity index is 283. The molecule has 2 heteroatoms. The van der Waals surface area contributed by atoms with Gasteiger partial charge in [-0.25, -0.2) is 0 Å². The molecular weight excluding hydrogens is 178 g/mol. The van der Waals surface area contributed by atoms with Gasteiger partial charge >= 0.3 is 0 Å². The molecule has 0 bridgehead atoms. The first-order valence-electron chi connectivity index (χ1n) is 4.36. The molecule has 0 N–H and O–H groups in total. The van der Waals surface area contributed by atoms with Crippen LogP contribution >= 0.6 is 11.8 Å². The molecule has 0 aliphatic heterocycles. The number of hydrogen-bond donors (Lipinski definition) is 0. The molecule has 1 nitrogen and oxygen atoms in total. The van der Waals surface area contributed by atoms with Crippen LogP contribution in [0.15, 0.2) is 36.5 Å². The molecule has 0 spiro atoms. The van der Waals surface area contributed by atoms with E-state index in [-0.39, 0.29) is 0 Å². The van der Waals surface area contributed by atoms with Gasteiger partial charge < -0.3 is 0 Å². The second-order valence-corrected chi connectivity index (χ2v) is 3.97. The number of nitrogens with zero attached hydrogens (tertiary/aromatic N) is 1. The van der Waals surface area contributed by atoms with Gasteiger partial charge in [0.15, 0.2) is 0 Å². The van der Waals surface area contributed by atoms with Gasteiger partial charge in [0.1, 0.15) is 5.40 Å². The SMILES string of the molecule is C=CC1=C(C=C)C(SC#N)CCC1. The normalized spacial score (nSPS) is 22.2. The van der Waals surface area contributed by atoms with Gasteiger partial charge in [0.2, 0.25) is 0 Å². The van der Waals surface area contributed by atoms with Crippen molar-refractivity contribution in [1.82, 2.24) is 0 Å². The maximum absolute atomic E-state index is 8.62. The van der Waals surface area contributed by atoms with E-state index in [1.807, 2.05) is 12.2 Å². The lowest BCUT2D eigenvalue weighted by Crippen LogP contribution is -2.11. The molecule has 68 valence electrons. The van der Waals surface area contributed by atoms with Crippen molar-refractivity contribution in [3.63, 3.8) is 0 Å². The smallest absolute Gasteiger partial charge is 0.133 e. The van der Waals surface area contributed by atoms with Gasteiger partial charge in [-0.2, -0.15) is 5.26 Å². The second kappa shape index (κ2) is 4.94. The number of thiocyanates is 1. The van der Waals surface area contributed by atoms with Crippen LogP contribution in [0.3, 0.4) is 0 Å². The van der Waals surface area contributed by atoms with Gasteiger partial charge in [-0.1, -0.05) is 25.3 Å². The fraction of sp³-hybridized carbons (Fsp3) is 0.364. The summed E-state index contributed by atoms with van der Waals surface area (Å²) in [6, 6.07) is 0. The predicted octanol–water partition coefficient (Wildman–Crippen LogP) is 3.42. The fourth-order valence-electron chi connectivity index (χ4n) is 1.65. The summed E-state index contributed by atoms with van der Waals surface area (Å²) >= 11 is 1.33. The molecule has 0 heterocycles. The van der Waals surface area contributed by atoms with Crippen LogP contribution in [0.1, 0.15) is 19.3 Å². The first-order valence-corrected chi connectivity index (χ1v) is 5.24. The predicted molar refractivity (Wildman–Crippen MR) is 58.3 cm³/mol. The Hall–Kier alpha value is -0.940. The molecule has 0 aromatic heterocycles. The van der Waals surface area contributed by atoms with Crippen LogP contribution in [0.25, 0.3) is 0 Å². The molecule has 0 saturated heterocycles. The summed E-state index contributed by atoms with van der Waals surface area (Å²) in [7, 11) is 0. The van der Waals surface area contributed by atoms with Crippen molar-refractivity contribution in [2.75, 3.05) is 0 Å². The summed E-state index contributed by atoms with van der Waals surface area (Å²) in [5.74, 6) is 0. The lowest BCUT2D eigenvalue weighted by Gasteiger charge is -2.22. The van der Waals surface area contributed by atoms with Gasteiger partial charge in [-0.15, -0.1) is 0 Å². The van der Waals surface area contributed by atoms with Crippen LogP contribution in [-0.2, 0) is 0 Å². The monoisotopic (exact) mass is 191 g/mol. The zero-order valence-electron chi connectivity index (χ0n) is 7.62. The molecular formula is C11H13NS. The largest absolute Gasteiger partial charge is 0.185 e. The average Bonchev–Trinajstić information content (AvgIpc) is 2.18. The molecule has 1 rings (SSSR count). The van der Waals surface area contributed by atoms with Crippen LogP contribution in [0, 0.1) is 10.7 Å². The molecule has 0 radical (unpaired) electrons. The molecule has 1 aliphatic carbocycles. The summed E-state index contributed by atoms with van der Waals surface area (Å²) in [5.41, 5.74) is 2.46. The zero-order chi connectivity index (χ0) is 9.68. The highest BCUT2D eigenvalue weighted by molar-refractivity contribution is 8.04. The summed E-state index contributed by atoms with van der Waals surface area (Å²) in [4.78, 5) is 0. The maximum atomic E-state index is 8.62. The van der Waals surface area contributed by atoms with E-state index in [2.05, 4.69) is 18.6 Å². The van der Waals surface area contributed by atoms with Crippen LogP contribution in [-0.4, -0.2) is 5.25 Å². The van der Waals surface area contributed by atoms with Crippen molar-refractivity contribution in [2.45, 2.75) is 24.5 Å². The van der Waals surface area contributed by atoms with Gasteiger partial charge in [0, 0.05) is 5.25 Å². The van der Waals surface area contributed by atoms with Gasteiger partial charge in [-0.3, -0.25) is 0 Å². The third-order valence-corrected chi connectivity index (χ3v) is 3.17.